The van der Waals surface area contributed by atoms with Crippen LogP contribution < -0.4 is 0 Å². The molecule has 7 aliphatic carbocycles. The van der Waals surface area contributed by atoms with E-state index in [4.69, 9.17) is 0 Å². The van der Waals surface area contributed by atoms with Gasteiger partial charge in [-0.3, -0.25) is 19.2 Å². The molecule has 1 unspecified atom stereocenters. The lowest BCUT2D eigenvalue weighted by Gasteiger charge is -2.66. The van der Waals surface area contributed by atoms with Gasteiger partial charge in [0.2, 0.25) is 5.78 Å². The number of ketones is 4. The van der Waals surface area contributed by atoms with Crippen molar-refractivity contribution in [3.05, 3.63) is 46.2 Å². The highest BCUT2D eigenvalue weighted by Crippen LogP contribution is 2.72. The highest BCUT2D eigenvalue weighted by molar-refractivity contribution is 6.24. The van der Waals surface area contributed by atoms with Crippen molar-refractivity contribution in [3.63, 3.8) is 0 Å². The fourth-order valence-electron chi connectivity index (χ4n) is 12.4. The van der Waals surface area contributed by atoms with Gasteiger partial charge in [0.1, 0.15) is 28.6 Å². The van der Waals surface area contributed by atoms with E-state index in [-0.39, 0.29) is 29.1 Å². The molecule has 246 valence electrons. The van der Waals surface area contributed by atoms with Crippen molar-refractivity contribution in [2.75, 3.05) is 0 Å². The standard InChI is InChI=1S/C38H46O8/c1-17(2)29-31(42)27(19(4)39)33(44)38(46)34(45)30-32(43)28-23(8-7-9-24(28)40)18(3)35(30,5)25(36(29,38)6)13-26(41)37-14-20-10-21(15-37)12-22(11-20)16-37/h7-9,17-18,20-22,25,29,40,43-44,46H,10-16H2,1-6H3/t18-,20?,21?,22?,25-,29?,35-,36-,37?,38+/m1/s1. The average Bonchev–Trinajstić information content (AvgIpc) is 2.95. The summed E-state index contributed by atoms with van der Waals surface area (Å²) in [6, 6.07) is 4.85. The van der Waals surface area contributed by atoms with Crippen molar-refractivity contribution in [2.24, 2.45) is 51.8 Å². The number of phenols is 1. The number of aliphatic hydroxyl groups excluding tert-OH is 2. The summed E-state index contributed by atoms with van der Waals surface area (Å²) in [7, 11) is 0. The molecule has 0 aromatic heterocycles. The van der Waals surface area contributed by atoms with Gasteiger partial charge in [0.15, 0.2) is 17.2 Å². The van der Waals surface area contributed by atoms with Gasteiger partial charge in [-0.05, 0) is 92.6 Å². The summed E-state index contributed by atoms with van der Waals surface area (Å²) in [5.74, 6) is -5.66. The summed E-state index contributed by atoms with van der Waals surface area (Å²) in [4.78, 5) is 57.1. The van der Waals surface area contributed by atoms with Crippen LogP contribution in [0.1, 0.15) is 104 Å². The molecule has 5 fully saturated rings. The minimum atomic E-state index is -2.78. The lowest BCUT2D eigenvalue weighted by atomic mass is 9.36. The van der Waals surface area contributed by atoms with Crippen LogP contribution >= 0.6 is 0 Å². The zero-order valence-corrected chi connectivity index (χ0v) is 27.6. The molecule has 8 nitrogen and oxygen atoms in total. The van der Waals surface area contributed by atoms with E-state index >= 15 is 0 Å². The molecule has 0 radical (unpaired) electrons. The Morgan fingerprint density at radius 3 is 2.04 bits per heavy atom. The quantitative estimate of drug-likeness (QED) is 0.283. The van der Waals surface area contributed by atoms with E-state index in [9.17, 15) is 39.6 Å². The molecule has 1 aromatic carbocycles. The Morgan fingerprint density at radius 2 is 1.52 bits per heavy atom. The Labute approximate surface area is 270 Å². The number of carbonyl (C=O) groups is 4. The van der Waals surface area contributed by atoms with Crippen LogP contribution in [-0.2, 0) is 19.2 Å². The summed E-state index contributed by atoms with van der Waals surface area (Å²) in [6.07, 6.45) is 5.81. The van der Waals surface area contributed by atoms with E-state index in [1.807, 2.05) is 13.8 Å². The van der Waals surface area contributed by atoms with Crippen molar-refractivity contribution in [2.45, 2.75) is 98.0 Å². The number of carbonyl (C=O) groups excluding carboxylic acids is 4. The average molecular weight is 631 g/mol. The van der Waals surface area contributed by atoms with Gasteiger partial charge in [0.25, 0.3) is 0 Å². The van der Waals surface area contributed by atoms with Gasteiger partial charge in [0, 0.05) is 34.2 Å². The molecule has 0 aliphatic heterocycles. The number of benzene rings is 1. The normalized spacial score (nSPS) is 42.7. The van der Waals surface area contributed by atoms with Crippen LogP contribution in [0.5, 0.6) is 5.75 Å². The molecule has 0 saturated heterocycles. The minimum absolute atomic E-state index is 0.0549. The van der Waals surface area contributed by atoms with E-state index in [1.54, 1.807) is 32.9 Å². The molecular formula is C38H46O8. The second-order valence-electron chi connectivity index (χ2n) is 16.5. The van der Waals surface area contributed by atoms with Crippen molar-refractivity contribution in [3.8, 4) is 5.75 Å². The molecule has 0 heterocycles. The molecule has 4 N–H and O–H groups in total. The van der Waals surface area contributed by atoms with Crippen molar-refractivity contribution >= 4 is 28.9 Å². The lowest BCUT2D eigenvalue weighted by molar-refractivity contribution is -0.201. The predicted octanol–water partition coefficient (Wildman–Crippen LogP) is 6.15. The fourth-order valence-corrected chi connectivity index (χ4v) is 12.4. The van der Waals surface area contributed by atoms with Gasteiger partial charge in [-0.15, -0.1) is 0 Å². The van der Waals surface area contributed by atoms with Crippen LogP contribution in [0.2, 0.25) is 0 Å². The Kier molecular flexibility index (Phi) is 6.57. The molecule has 4 bridgehead atoms. The smallest absolute Gasteiger partial charge is 0.203 e. The molecular weight excluding hydrogens is 584 g/mol. The molecule has 8 rings (SSSR count). The molecule has 8 heteroatoms. The topological polar surface area (TPSA) is 149 Å². The third-order valence-corrected chi connectivity index (χ3v) is 14.0. The number of Topliss-reactive ketones (excluding diaryl/α,β-unsaturated/α-hetero) is 4. The maximum absolute atomic E-state index is 15.0. The Hall–Kier alpha value is -3.26. The summed E-state index contributed by atoms with van der Waals surface area (Å²) >= 11 is 0. The number of aliphatic hydroxyl groups is 3. The molecule has 46 heavy (non-hydrogen) atoms. The zero-order valence-electron chi connectivity index (χ0n) is 27.6. The van der Waals surface area contributed by atoms with Gasteiger partial charge >= 0.3 is 0 Å². The number of hydrogen-bond acceptors (Lipinski definition) is 8. The number of allylic oxidation sites excluding steroid dienone is 1. The first-order valence-corrected chi connectivity index (χ1v) is 17.0. The first kappa shape index (κ1) is 31.3. The van der Waals surface area contributed by atoms with Crippen LogP contribution in [0.4, 0.5) is 0 Å². The van der Waals surface area contributed by atoms with Crippen LogP contribution in [0, 0.1) is 51.8 Å². The molecule has 1 aromatic rings. The minimum Gasteiger partial charge on any atom is -0.508 e. The third-order valence-electron chi connectivity index (χ3n) is 14.0. The fraction of sp³-hybridized carbons (Fsp3) is 0.632. The number of aromatic hydroxyl groups is 1. The van der Waals surface area contributed by atoms with Gasteiger partial charge in [-0.1, -0.05) is 46.8 Å². The third kappa shape index (κ3) is 3.54. The maximum atomic E-state index is 15.0. The predicted molar refractivity (Wildman–Crippen MR) is 170 cm³/mol. The van der Waals surface area contributed by atoms with E-state index < -0.39 is 80.0 Å². The maximum Gasteiger partial charge on any atom is 0.203 e. The summed E-state index contributed by atoms with van der Waals surface area (Å²) in [5, 5.41) is 47.5. The van der Waals surface area contributed by atoms with Crippen molar-refractivity contribution in [1.29, 1.82) is 0 Å². The number of rotatable bonds is 5. The van der Waals surface area contributed by atoms with Crippen molar-refractivity contribution in [1.82, 2.24) is 0 Å². The van der Waals surface area contributed by atoms with Gasteiger partial charge in [-0.2, -0.15) is 0 Å². The number of hydrogen-bond donors (Lipinski definition) is 4. The highest BCUT2D eigenvalue weighted by Gasteiger charge is 2.77. The van der Waals surface area contributed by atoms with Crippen LogP contribution in [0.3, 0.4) is 0 Å². The molecule has 5 saturated carbocycles. The number of fused-ring (bicyclic) bond motifs is 3. The van der Waals surface area contributed by atoms with Crippen LogP contribution in [-0.4, -0.2) is 49.2 Å². The first-order chi connectivity index (χ1) is 21.4. The first-order valence-electron chi connectivity index (χ1n) is 17.0. The number of phenolic OH excluding ortho intramolecular Hbond substituents is 1. The summed E-state index contributed by atoms with van der Waals surface area (Å²) in [6.45, 7) is 10.0. The molecule has 0 spiro atoms. The molecule has 6 atom stereocenters. The van der Waals surface area contributed by atoms with Gasteiger partial charge < -0.3 is 20.4 Å². The van der Waals surface area contributed by atoms with Crippen LogP contribution in [0.15, 0.2) is 35.1 Å². The van der Waals surface area contributed by atoms with E-state index in [0.29, 0.717) is 23.3 Å². The second kappa shape index (κ2) is 9.65. The van der Waals surface area contributed by atoms with E-state index in [2.05, 4.69) is 0 Å². The monoisotopic (exact) mass is 630 g/mol. The Morgan fingerprint density at radius 1 is 0.957 bits per heavy atom. The van der Waals surface area contributed by atoms with Crippen LogP contribution in [0.25, 0.3) is 5.76 Å². The second-order valence-corrected chi connectivity index (χ2v) is 16.5. The highest BCUT2D eigenvalue weighted by atomic mass is 16.3. The van der Waals surface area contributed by atoms with E-state index in [1.165, 1.54) is 6.07 Å². The molecule has 7 aliphatic rings. The summed E-state index contributed by atoms with van der Waals surface area (Å²) < 4.78 is 0. The van der Waals surface area contributed by atoms with Gasteiger partial charge in [0.05, 0.1) is 5.56 Å². The summed E-state index contributed by atoms with van der Waals surface area (Å²) in [5.41, 5.74) is -6.47. The lowest BCUT2D eigenvalue weighted by Crippen LogP contribution is -2.73. The van der Waals surface area contributed by atoms with E-state index in [0.717, 1.165) is 45.4 Å². The van der Waals surface area contributed by atoms with Crippen molar-refractivity contribution < 1.29 is 39.6 Å². The zero-order chi connectivity index (χ0) is 33.5. The molecule has 0 amide bonds. The largest absolute Gasteiger partial charge is 0.508 e. The SMILES string of the molecule is CC(=O)C1=C(O)[C@]2(O)C(=O)C3=C(O)c4c(O)cccc4[C@@H](C)[C@]3(C)[C@@H](CC(=O)C34CC5CC(CC(C5)C3)C4)[C@]2(C)C(C(C)C)C1=O. The van der Waals surface area contributed by atoms with Gasteiger partial charge in [-0.25, -0.2) is 0 Å². The Bertz CT molecular complexity index is 1640. The Balaban J connectivity index is 1.52.